The first-order valence-electron chi connectivity index (χ1n) is 4.26. The summed E-state index contributed by atoms with van der Waals surface area (Å²) in [6.45, 7) is 0.944. The van der Waals surface area contributed by atoms with Crippen molar-refractivity contribution < 1.29 is 9.53 Å². The topological polar surface area (TPSA) is 64.3 Å². The van der Waals surface area contributed by atoms with Crippen LogP contribution in [-0.2, 0) is 16.1 Å². The summed E-state index contributed by atoms with van der Waals surface area (Å²) in [4.78, 5) is 10.9. The number of hydrogen-bond acceptors (Lipinski definition) is 4. The molecule has 1 aromatic heterocycles. The van der Waals surface area contributed by atoms with Crippen molar-refractivity contribution in [3.63, 3.8) is 0 Å². The molecule has 78 valence electrons. The van der Waals surface area contributed by atoms with Crippen molar-refractivity contribution in [2.75, 3.05) is 13.7 Å². The van der Waals surface area contributed by atoms with E-state index >= 15 is 0 Å². The molecule has 0 saturated heterocycles. The average molecular weight is 214 g/mol. The highest BCUT2D eigenvalue weighted by Crippen LogP contribution is 2.05. The molecule has 1 atom stereocenters. The van der Waals surface area contributed by atoms with Gasteiger partial charge in [0, 0.05) is 13.7 Å². The molecule has 1 aromatic rings. The molecule has 0 saturated carbocycles. The summed E-state index contributed by atoms with van der Waals surface area (Å²) in [5, 5.41) is 7.05. The second kappa shape index (κ2) is 5.74. The molecular formula is C9H14N2O2S. The van der Waals surface area contributed by atoms with Gasteiger partial charge in [-0.3, -0.25) is 10.1 Å². The van der Waals surface area contributed by atoms with Gasteiger partial charge in [0.25, 0.3) is 0 Å². The predicted octanol–water partition coefficient (Wildman–Crippen LogP) is 0.338. The highest BCUT2D eigenvalue weighted by atomic mass is 32.1. The van der Waals surface area contributed by atoms with E-state index in [-0.39, 0.29) is 5.91 Å². The molecule has 3 N–H and O–H groups in total. The fourth-order valence-electron chi connectivity index (χ4n) is 1.04. The Morgan fingerprint density at radius 3 is 3.07 bits per heavy atom. The van der Waals surface area contributed by atoms with Crippen LogP contribution in [0.3, 0.4) is 0 Å². The van der Waals surface area contributed by atoms with Crippen LogP contribution in [0.1, 0.15) is 5.56 Å². The molecule has 1 unspecified atom stereocenters. The van der Waals surface area contributed by atoms with Crippen LogP contribution >= 0.6 is 11.3 Å². The second-order valence-corrected chi connectivity index (χ2v) is 3.70. The molecule has 5 heteroatoms. The molecule has 0 spiro atoms. The number of methoxy groups -OCH3 is 1. The Hall–Kier alpha value is -0.910. The van der Waals surface area contributed by atoms with E-state index < -0.39 is 6.04 Å². The van der Waals surface area contributed by atoms with E-state index in [0.29, 0.717) is 13.2 Å². The first kappa shape index (κ1) is 11.2. The number of primary amides is 1. The van der Waals surface area contributed by atoms with Crippen molar-refractivity contribution in [2.24, 2.45) is 5.73 Å². The molecule has 0 radical (unpaired) electrons. The van der Waals surface area contributed by atoms with Crippen LogP contribution in [0.2, 0.25) is 0 Å². The smallest absolute Gasteiger partial charge is 0.236 e. The molecular weight excluding hydrogens is 200 g/mol. The van der Waals surface area contributed by atoms with Crippen molar-refractivity contribution >= 4 is 17.2 Å². The molecule has 0 aliphatic rings. The molecule has 0 aliphatic carbocycles. The monoisotopic (exact) mass is 214 g/mol. The van der Waals surface area contributed by atoms with Crippen LogP contribution < -0.4 is 11.1 Å². The van der Waals surface area contributed by atoms with Gasteiger partial charge < -0.3 is 10.5 Å². The van der Waals surface area contributed by atoms with Gasteiger partial charge in [0.2, 0.25) is 5.91 Å². The lowest BCUT2D eigenvalue weighted by molar-refractivity contribution is -0.121. The third-order valence-corrected chi connectivity index (χ3v) is 2.54. The predicted molar refractivity (Wildman–Crippen MR) is 56.0 cm³/mol. The van der Waals surface area contributed by atoms with Crippen molar-refractivity contribution in [3.8, 4) is 0 Å². The number of nitrogens with one attached hydrogen (secondary N) is 1. The molecule has 14 heavy (non-hydrogen) atoms. The van der Waals surface area contributed by atoms with Crippen molar-refractivity contribution in [2.45, 2.75) is 12.6 Å². The SMILES string of the molecule is COCC(NCc1ccsc1)C(N)=O. The maximum atomic E-state index is 10.9. The van der Waals surface area contributed by atoms with Gasteiger partial charge in [-0.25, -0.2) is 0 Å². The summed E-state index contributed by atoms with van der Waals surface area (Å²) in [6, 6.07) is 1.59. The first-order chi connectivity index (χ1) is 6.74. The number of carbonyl (C=O) groups excluding carboxylic acids is 1. The maximum absolute atomic E-state index is 10.9. The summed E-state index contributed by atoms with van der Waals surface area (Å²) in [5.41, 5.74) is 6.33. The zero-order valence-corrected chi connectivity index (χ0v) is 8.84. The Morgan fingerprint density at radius 2 is 2.57 bits per heavy atom. The van der Waals surface area contributed by atoms with Crippen LogP contribution in [0.25, 0.3) is 0 Å². The average Bonchev–Trinajstić information content (AvgIpc) is 2.64. The van der Waals surface area contributed by atoms with Crippen molar-refractivity contribution in [3.05, 3.63) is 22.4 Å². The van der Waals surface area contributed by atoms with Crippen molar-refractivity contribution in [1.29, 1.82) is 0 Å². The second-order valence-electron chi connectivity index (χ2n) is 2.92. The van der Waals surface area contributed by atoms with E-state index in [1.54, 1.807) is 18.4 Å². The number of nitrogens with two attached hydrogens (primary N) is 1. The van der Waals surface area contributed by atoms with Crippen LogP contribution in [0.15, 0.2) is 16.8 Å². The van der Waals surface area contributed by atoms with Gasteiger partial charge in [-0.15, -0.1) is 0 Å². The largest absolute Gasteiger partial charge is 0.383 e. The van der Waals surface area contributed by atoms with E-state index in [1.165, 1.54) is 0 Å². The van der Waals surface area contributed by atoms with E-state index in [2.05, 4.69) is 5.32 Å². The lowest BCUT2D eigenvalue weighted by atomic mass is 10.2. The zero-order valence-electron chi connectivity index (χ0n) is 8.03. The number of thiophene rings is 1. The Bertz CT molecular complexity index is 274. The minimum Gasteiger partial charge on any atom is -0.383 e. The third kappa shape index (κ3) is 3.45. The number of ether oxygens (including phenoxy) is 1. The Labute approximate surface area is 87.1 Å². The molecule has 0 aliphatic heterocycles. The minimum atomic E-state index is -0.417. The lowest BCUT2D eigenvalue weighted by Gasteiger charge is -2.13. The number of hydrogen-bond donors (Lipinski definition) is 2. The summed E-state index contributed by atoms with van der Waals surface area (Å²) >= 11 is 1.63. The van der Waals surface area contributed by atoms with E-state index in [1.807, 2.05) is 16.8 Å². The molecule has 1 amide bonds. The van der Waals surface area contributed by atoms with E-state index in [9.17, 15) is 4.79 Å². The highest BCUT2D eigenvalue weighted by molar-refractivity contribution is 7.07. The van der Waals surface area contributed by atoms with Gasteiger partial charge in [0.1, 0.15) is 6.04 Å². The molecule has 4 nitrogen and oxygen atoms in total. The van der Waals surface area contributed by atoms with Gasteiger partial charge in [-0.1, -0.05) is 0 Å². The van der Waals surface area contributed by atoms with Crippen molar-refractivity contribution in [1.82, 2.24) is 5.32 Å². The third-order valence-electron chi connectivity index (χ3n) is 1.81. The fourth-order valence-corrected chi connectivity index (χ4v) is 1.71. The van der Waals surface area contributed by atoms with Gasteiger partial charge in [0.05, 0.1) is 6.61 Å². The molecule has 1 rings (SSSR count). The first-order valence-corrected chi connectivity index (χ1v) is 5.21. The summed E-state index contributed by atoms with van der Waals surface area (Å²) in [5.74, 6) is -0.387. The Balaban J connectivity index is 2.37. The maximum Gasteiger partial charge on any atom is 0.236 e. The van der Waals surface area contributed by atoms with E-state index in [0.717, 1.165) is 5.56 Å². The Kier molecular flexibility index (Phi) is 4.58. The highest BCUT2D eigenvalue weighted by Gasteiger charge is 2.13. The lowest BCUT2D eigenvalue weighted by Crippen LogP contribution is -2.43. The van der Waals surface area contributed by atoms with Crippen LogP contribution in [0, 0.1) is 0 Å². The minimum absolute atomic E-state index is 0.305. The number of carbonyl (C=O) groups is 1. The Morgan fingerprint density at radius 1 is 1.79 bits per heavy atom. The summed E-state index contributed by atoms with van der Waals surface area (Å²) in [6.07, 6.45) is 0. The quantitative estimate of drug-likeness (QED) is 0.717. The number of rotatable bonds is 6. The van der Waals surface area contributed by atoms with Gasteiger partial charge >= 0.3 is 0 Å². The normalized spacial score (nSPS) is 12.6. The summed E-state index contributed by atoms with van der Waals surface area (Å²) < 4.78 is 4.87. The molecule has 0 bridgehead atoms. The summed E-state index contributed by atoms with van der Waals surface area (Å²) in [7, 11) is 1.54. The van der Waals surface area contributed by atoms with Crippen LogP contribution in [0.4, 0.5) is 0 Å². The van der Waals surface area contributed by atoms with Crippen LogP contribution in [0.5, 0.6) is 0 Å². The van der Waals surface area contributed by atoms with Gasteiger partial charge in [0.15, 0.2) is 0 Å². The van der Waals surface area contributed by atoms with Gasteiger partial charge in [-0.05, 0) is 22.4 Å². The van der Waals surface area contributed by atoms with Gasteiger partial charge in [-0.2, -0.15) is 11.3 Å². The molecule has 0 aromatic carbocycles. The molecule has 0 fully saturated rings. The standard InChI is InChI=1S/C9H14N2O2S/c1-13-5-8(9(10)12)11-4-7-2-3-14-6-7/h2-3,6,8,11H,4-5H2,1H3,(H2,10,12). The molecule has 1 heterocycles. The zero-order chi connectivity index (χ0) is 10.4. The van der Waals surface area contributed by atoms with Crippen LogP contribution in [-0.4, -0.2) is 25.7 Å². The van der Waals surface area contributed by atoms with E-state index in [4.69, 9.17) is 10.5 Å². The fraction of sp³-hybridized carbons (Fsp3) is 0.444. The number of amides is 1.